The average molecular weight is 388 g/mol. The van der Waals surface area contributed by atoms with Crippen LogP contribution >= 0.6 is 23.6 Å². The number of para-hydroxylation sites is 1. The lowest BCUT2D eigenvalue weighted by atomic mass is 9.97. The van der Waals surface area contributed by atoms with Crippen LogP contribution in [-0.2, 0) is 0 Å². The van der Waals surface area contributed by atoms with Gasteiger partial charge in [-0.1, -0.05) is 24.3 Å². The van der Waals surface area contributed by atoms with E-state index in [0.717, 1.165) is 31.2 Å². The van der Waals surface area contributed by atoms with Crippen LogP contribution in [0.4, 0.5) is 0 Å². The SMILES string of the molecule is C[NH+](C)CCCNC(=S)NC[C@@H](c1cccs1)c1c[nH]c2ccccc12. The molecule has 0 aliphatic rings. The van der Waals surface area contributed by atoms with Gasteiger partial charge in [0.25, 0.3) is 0 Å². The highest BCUT2D eigenvalue weighted by molar-refractivity contribution is 7.80. The molecule has 0 unspecified atom stereocenters. The minimum absolute atomic E-state index is 0.275. The summed E-state index contributed by atoms with van der Waals surface area (Å²) in [5, 5.41) is 10.9. The fraction of sp³-hybridized carbons (Fsp3) is 0.350. The van der Waals surface area contributed by atoms with Crippen molar-refractivity contribution in [1.29, 1.82) is 0 Å². The number of aromatic nitrogens is 1. The summed E-state index contributed by atoms with van der Waals surface area (Å²) in [6, 6.07) is 12.8. The van der Waals surface area contributed by atoms with E-state index < -0.39 is 0 Å². The van der Waals surface area contributed by atoms with Crippen LogP contribution in [0.2, 0.25) is 0 Å². The molecule has 0 aliphatic carbocycles. The van der Waals surface area contributed by atoms with Crippen molar-refractivity contribution >= 4 is 39.6 Å². The molecule has 0 spiro atoms. The second kappa shape index (κ2) is 9.16. The molecule has 0 saturated carbocycles. The third-order valence-electron chi connectivity index (χ3n) is 4.49. The summed E-state index contributed by atoms with van der Waals surface area (Å²) in [5.74, 6) is 0.275. The maximum Gasteiger partial charge on any atom is 0.166 e. The average Bonchev–Trinajstić information content (AvgIpc) is 3.29. The number of rotatable bonds is 8. The van der Waals surface area contributed by atoms with Crippen molar-refractivity contribution < 1.29 is 4.90 Å². The summed E-state index contributed by atoms with van der Waals surface area (Å²) in [5.41, 5.74) is 2.49. The van der Waals surface area contributed by atoms with E-state index in [1.165, 1.54) is 26.2 Å². The Morgan fingerprint density at radius 2 is 2.04 bits per heavy atom. The van der Waals surface area contributed by atoms with Crippen molar-refractivity contribution in [2.45, 2.75) is 12.3 Å². The Morgan fingerprint density at radius 1 is 1.19 bits per heavy atom. The molecule has 2 aromatic heterocycles. The van der Waals surface area contributed by atoms with Gasteiger partial charge in [0.15, 0.2) is 5.11 Å². The lowest BCUT2D eigenvalue weighted by molar-refractivity contribution is -0.858. The molecule has 3 aromatic rings. The fourth-order valence-corrected chi connectivity index (χ4v) is 4.17. The van der Waals surface area contributed by atoms with E-state index in [1.807, 2.05) is 0 Å². The zero-order chi connectivity index (χ0) is 18.4. The van der Waals surface area contributed by atoms with Crippen LogP contribution in [0.3, 0.4) is 0 Å². The highest BCUT2D eigenvalue weighted by Gasteiger charge is 2.19. The quantitative estimate of drug-likeness (QED) is 0.354. The Balaban J connectivity index is 1.66. The van der Waals surface area contributed by atoms with E-state index in [2.05, 4.69) is 77.7 Å². The fourth-order valence-electron chi connectivity index (χ4n) is 3.14. The van der Waals surface area contributed by atoms with Gasteiger partial charge in [-0.05, 0) is 35.3 Å². The van der Waals surface area contributed by atoms with Crippen molar-refractivity contribution in [3.63, 3.8) is 0 Å². The predicted molar refractivity (Wildman–Crippen MR) is 115 cm³/mol. The van der Waals surface area contributed by atoms with Crippen LogP contribution < -0.4 is 15.5 Å². The van der Waals surface area contributed by atoms with Crippen LogP contribution in [0, 0.1) is 0 Å². The summed E-state index contributed by atoms with van der Waals surface area (Å²) < 4.78 is 0. The molecule has 0 amide bonds. The van der Waals surface area contributed by atoms with Gasteiger partial charge in [-0.2, -0.15) is 0 Å². The molecule has 1 atom stereocenters. The molecule has 26 heavy (non-hydrogen) atoms. The lowest BCUT2D eigenvalue weighted by Gasteiger charge is -2.18. The third-order valence-corrected chi connectivity index (χ3v) is 5.76. The lowest BCUT2D eigenvalue weighted by Crippen LogP contribution is -3.05. The van der Waals surface area contributed by atoms with Gasteiger partial charge in [0.1, 0.15) is 0 Å². The van der Waals surface area contributed by atoms with E-state index in [9.17, 15) is 0 Å². The number of thiophene rings is 1. The second-order valence-electron chi connectivity index (χ2n) is 6.81. The largest absolute Gasteiger partial charge is 0.363 e. The van der Waals surface area contributed by atoms with Crippen molar-refractivity contribution in [2.24, 2.45) is 0 Å². The Labute approximate surface area is 164 Å². The summed E-state index contributed by atoms with van der Waals surface area (Å²) in [6.45, 7) is 2.84. The van der Waals surface area contributed by atoms with Crippen molar-refractivity contribution in [3.8, 4) is 0 Å². The number of aromatic amines is 1. The van der Waals surface area contributed by atoms with Crippen LogP contribution in [0.5, 0.6) is 0 Å². The summed E-state index contributed by atoms with van der Waals surface area (Å²) >= 11 is 7.27. The van der Waals surface area contributed by atoms with E-state index in [-0.39, 0.29) is 5.92 Å². The van der Waals surface area contributed by atoms with Crippen LogP contribution in [0.15, 0.2) is 48.0 Å². The molecule has 0 saturated heterocycles. The molecule has 2 heterocycles. The summed E-state index contributed by atoms with van der Waals surface area (Å²) in [4.78, 5) is 6.21. The Bertz CT molecular complexity index is 823. The van der Waals surface area contributed by atoms with E-state index in [0.29, 0.717) is 0 Å². The Hall–Kier alpha value is -1.89. The van der Waals surface area contributed by atoms with Crippen LogP contribution in [0.1, 0.15) is 22.8 Å². The minimum Gasteiger partial charge on any atom is -0.363 e. The molecule has 0 radical (unpaired) electrons. The number of H-pyrrole nitrogens is 1. The number of hydrogen-bond donors (Lipinski definition) is 4. The van der Waals surface area contributed by atoms with Gasteiger partial charge < -0.3 is 20.5 Å². The summed E-state index contributed by atoms with van der Waals surface area (Å²) in [7, 11) is 4.34. The Morgan fingerprint density at radius 3 is 2.81 bits per heavy atom. The highest BCUT2D eigenvalue weighted by Crippen LogP contribution is 2.32. The van der Waals surface area contributed by atoms with Crippen LogP contribution in [0.25, 0.3) is 10.9 Å². The molecule has 138 valence electrons. The zero-order valence-corrected chi connectivity index (χ0v) is 17.0. The van der Waals surface area contributed by atoms with Gasteiger partial charge >= 0.3 is 0 Å². The molecule has 0 fully saturated rings. The first kappa shape index (κ1) is 18.9. The van der Waals surface area contributed by atoms with Gasteiger partial charge in [-0.3, -0.25) is 0 Å². The van der Waals surface area contributed by atoms with Crippen molar-refractivity contribution in [1.82, 2.24) is 15.6 Å². The molecular formula is C20H27N4S2+. The van der Waals surface area contributed by atoms with Gasteiger partial charge in [-0.15, -0.1) is 11.3 Å². The van der Waals surface area contributed by atoms with E-state index >= 15 is 0 Å². The number of quaternary nitrogens is 1. The third kappa shape index (κ3) is 4.84. The number of nitrogens with one attached hydrogen (secondary N) is 4. The van der Waals surface area contributed by atoms with Gasteiger partial charge in [0.2, 0.25) is 0 Å². The number of fused-ring (bicyclic) bond motifs is 1. The molecule has 1 aromatic carbocycles. The van der Waals surface area contributed by atoms with Gasteiger partial charge in [0, 0.05) is 47.4 Å². The molecule has 4 N–H and O–H groups in total. The maximum absolute atomic E-state index is 5.47. The van der Waals surface area contributed by atoms with Crippen LogP contribution in [-0.4, -0.2) is 43.8 Å². The zero-order valence-electron chi connectivity index (χ0n) is 15.3. The number of benzene rings is 1. The topological polar surface area (TPSA) is 44.3 Å². The monoisotopic (exact) mass is 387 g/mol. The molecular weight excluding hydrogens is 360 g/mol. The van der Waals surface area contributed by atoms with E-state index in [4.69, 9.17) is 12.2 Å². The molecule has 0 bridgehead atoms. The van der Waals surface area contributed by atoms with Crippen molar-refractivity contribution in [3.05, 3.63) is 58.4 Å². The highest BCUT2D eigenvalue weighted by atomic mass is 32.1. The van der Waals surface area contributed by atoms with E-state index in [1.54, 1.807) is 11.3 Å². The van der Waals surface area contributed by atoms with Gasteiger partial charge in [0.05, 0.1) is 20.6 Å². The molecule has 0 aliphatic heterocycles. The predicted octanol–water partition coefficient (Wildman–Crippen LogP) is 2.36. The molecule has 3 rings (SSSR count). The number of thiocarbonyl (C=S) groups is 1. The maximum atomic E-state index is 5.47. The Kier molecular flexibility index (Phi) is 6.66. The molecule has 6 heteroatoms. The first-order valence-corrected chi connectivity index (χ1v) is 10.3. The van der Waals surface area contributed by atoms with Gasteiger partial charge in [-0.25, -0.2) is 0 Å². The standard InChI is InChI=1S/C20H26N4S2/c1-24(2)11-6-10-21-20(25)23-14-17(19-9-5-12-26-19)16-13-22-18-8-4-3-7-15(16)18/h3-5,7-9,12-13,17,22H,6,10-11,14H2,1-2H3,(H2,21,23,25)/p+1/t17-/m1/s1. The molecule has 4 nitrogen and oxygen atoms in total. The second-order valence-corrected chi connectivity index (χ2v) is 8.19. The smallest absolute Gasteiger partial charge is 0.166 e. The first-order chi connectivity index (χ1) is 12.6. The van der Waals surface area contributed by atoms with Crippen molar-refractivity contribution in [2.75, 3.05) is 33.7 Å². The number of hydrogen-bond acceptors (Lipinski definition) is 2. The normalized spacial score (nSPS) is 12.4. The first-order valence-electron chi connectivity index (χ1n) is 9.05. The summed E-state index contributed by atoms with van der Waals surface area (Å²) in [6.07, 6.45) is 3.24. The minimum atomic E-state index is 0.275.